The van der Waals surface area contributed by atoms with Gasteiger partial charge in [0.25, 0.3) is 0 Å². The van der Waals surface area contributed by atoms with Crippen LogP contribution in [-0.2, 0) is 11.2 Å². The molecule has 0 fully saturated rings. The van der Waals surface area contributed by atoms with E-state index in [1.165, 1.54) is 13.2 Å². The fraction of sp³-hybridized carbons (Fsp3) is 0.500. The van der Waals surface area contributed by atoms with Crippen LogP contribution in [0.3, 0.4) is 0 Å². The Bertz CT molecular complexity index is 441. The SMILES string of the molecule is COc1cc(F)c(C(C)C)cc1CC(C)C(=O)O. The lowest BCUT2D eigenvalue weighted by Crippen LogP contribution is -2.13. The second-order valence-electron chi connectivity index (χ2n) is 4.78. The molecular formula is C14H19FO3. The standard InChI is InChI=1S/C14H19FO3/c1-8(2)11-6-10(5-9(3)14(16)17)13(18-4)7-12(11)15/h6-9H,5H2,1-4H3,(H,16,17). The van der Waals surface area contributed by atoms with Crippen molar-refractivity contribution in [1.29, 1.82) is 0 Å². The fourth-order valence-corrected chi connectivity index (χ4v) is 1.83. The summed E-state index contributed by atoms with van der Waals surface area (Å²) in [7, 11) is 1.46. The maximum atomic E-state index is 13.8. The summed E-state index contributed by atoms with van der Waals surface area (Å²) in [5.74, 6) is -1.25. The van der Waals surface area contributed by atoms with Crippen molar-refractivity contribution in [2.45, 2.75) is 33.1 Å². The monoisotopic (exact) mass is 254 g/mol. The van der Waals surface area contributed by atoms with Gasteiger partial charge in [-0.3, -0.25) is 4.79 Å². The normalized spacial score (nSPS) is 12.6. The number of hydrogen-bond acceptors (Lipinski definition) is 2. The molecule has 1 atom stereocenters. The van der Waals surface area contributed by atoms with Gasteiger partial charge in [0.05, 0.1) is 13.0 Å². The number of carboxylic acid groups (broad SMARTS) is 1. The van der Waals surface area contributed by atoms with Gasteiger partial charge < -0.3 is 9.84 Å². The lowest BCUT2D eigenvalue weighted by atomic mass is 9.94. The predicted octanol–water partition coefficient (Wildman–Crippen LogP) is 3.22. The van der Waals surface area contributed by atoms with Crippen LogP contribution in [-0.4, -0.2) is 18.2 Å². The third kappa shape index (κ3) is 3.22. The summed E-state index contributed by atoms with van der Waals surface area (Å²) in [6.07, 6.45) is 0.332. The topological polar surface area (TPSA) is 46.5 Å². The number of carboxylic acids is 1. The molecule has 0 aromatic heterocycles. The molecule has 0 spiro atoms. The van der Waals surface area contributed by atoms with E-state index < -0.39 is 11.9 Å². The van der Waals surface area contributed by atoms with E-state index in [4.69, 9.17) is 9.84 Å². The highest BCUT2D eigenvalue weighted by atomic mass is 19.1. The van der Waals surface area contributed by atoms with Crippen LogP contribution in [0.25, 0.3) is 0 Å². The van der Waals surface area contributed by atoms with Crippen LogP contribution in [0.15, 0.2) is 12.1 Å². The predicted molar refractivity (Wildman–Crippen MR) is 67.5 cm³/mol. The van der Waals surface area contributed by atoms with Crippen molar-refractivity contribution in [3.63, 3.8) is 0 Å². The Labute approximate surface area is 107 Å². The zero-order valence-corrected chi connectivity index (χ0v) is 11.2. The molecule has 0 heterocycles. The maximum absolute atomic E-state index is 13.8. The average molecular weight is 254 g/mol. The highest BCUT2D eigenvalue weighted by Crippen LogP contribution is 2.29. The summed E-state index contributed by atoms with van der Waals surface area (Å²) >= 11 is 0. The molecule has 1 rings (SSSR count). The molecule has 0 amide bonds. The van der Waals surface area contributed by atoms with Crippen LogP contribution in [0.4, 0.5) is 4.39 Å². The Balaban J connectivity index is 3.15. The lowest BCUT2D eigenvalue weighted by molar-refractivity contribution is -0.141. The third-order valence-electron chi connectivity index (χ3n) is 2.97. The number of ether oxygens (including phenoxy) is 1. The molecule has 0 aliphatic rings. The van der Waals surface area contributed by atoms with Gasteiger partial charge in [-0.2, -0.15) is 0 Å². The van der Waals surface area contributed by atoms with Crippen molar-refractivity contribution in [2.24, 2.45) is 5.92 Å². The lowest BCUT2D eigenvalue weighted by Gasteiger charge is -2.15. The van der Waals surface area contributed by atoms with E-state index in [0.717, 1.165) is 5.56 Å². The highest BCUT2D eigenvalue weighted by molar-refractivity contribution is 5.70. The minimum absolute atomic E-state index is 0.0507. The molecule has 3 nitrogen and oxygen atoms in total. The first-order valence-electron chi connectivity index (χ1n) is 5.95. The van der Waals surface area contributed by atoms with Crippen LogP contribution >= 0.6 is 0 Å². The summed E-state index contributed by atoms with van der Waals surface area (Å²) in [5, 5.41) is 8.93. The molecule has 4 heteroatoms. The van der Waals surface area contributed by atoms with E-state index in [0.29, 0.717) is 17.7 Å². The van der Waals surface area contributed by atoms with Crippen LogP contribution in [0.2, 0.25) is 0 Å². The summed E-state index contributed by atoms with van der Waals surface area (Å²) in [6, 6.07) is 3.04. The van der Waals surface area contributed by atoms with Crippen molar-refractivity contribution in [3.8, 4) is 5.75 Å². The molecule has 0 saturated heterocycles. The molecule has 1 aromatic rings. The largest absolute Gasteiger partial charge is 0.496 e. The number of halogens is 1. The van der Waals surface area contributed by atoms with E-state index in [-0.39, 0.29) is 11.7 Å². The number of rotatable bonds is 5. The first-order chi connectivity index (χ1) is 8.36. The fourth-order valence-electron chi connectivity index (χ4n) is 1.83. The van der Waals surface area contributed by atoms with Crippen molar-refractivity contribution >= 4 is 5.97 Å². The van der Waals surface area contributed by atoms with Crippen molar-refractivity contribution in [1.82, 2.24) is 0 Å². The molecule has 0 radical (unpaired) electrons. The zero-order chi connectivity index (χ0) is 13.9. The highest BCUT2D eigenvalue weighted by Gasteiger charge is 2.18. The number of benzene rings is 1. The van der Waals surface area contributed by atoms with Crippen LogP contribution in [0, 0.1) is 11.7 Å². The minimum Gasteiger partial charge on any atom is -0.496 e. The van der Waals surface area contributed by atoms with Crippen LogP contribution in [0.5, 0.6) is 5.75 Å². The number of aliphatic carboxylic acids is 1. The average Bonchev–Trinajstić information content (AvgIpc) is 2.30. The molecule has 1 unspecified atom stereocenters. The molecule has 0 aliphatic carbocycles. The van der Waals surface area contributed by atoms with E-state index in [1.807, 2.05) is 13.8 Å². The number of hydrogen-bond donors (Lipinski definition) is 1. The van der Waals surface area contributed by atoms with Gasteiger partial charge in [-0.1, -0.05) is 20.8 Å². The van der Waals surface area contributed by atoms with Crippen LogP contribution < -0.4 is 4.74 Å². The second kappa shape index (κ2) is 5.85. The molecule has 1 N–H and O–H groups in total. The molecule has 100 valence electrons. The maximum Gasteiger partial charge on any atom is 0.306 e. The Morgan fingerprint density at radius 2 is 2.00 bits per heavy atom. The molecule has 0 bridgehead atoms. The molecule has 0 aliphatic heterocycles. The van der Waals surface area contributed by atoms with Gasteiger partial charge in [0.1, 0.15) is 11.6 Å². The summed E-state index contributed by atoms with van der Waals surface area (Å²) in [6.45, 7) is 5.42. The third-order valence-corrected chi connectivity index (χ3v) is 2.97. The van der Waals surface area contributed by atoms with Crippen LogP contribution in [0.1, 0.15) is 37.8 Å². The van der Waals surface area contributed by atoms with Crippen molar-refractivity contribution in [2.75, 3.05) is 7.11 Å². The Kier molecular flexibility index (Phi) is 4.70. The molecule has 18 heavy (non-hydrogen) atoms. The van der Waals surface area contributed by atoms with Gasteiger partial charge in [0, 0.05) is 6.07 Å². The molecule has 0 saturated carbocycles. The van der Waals surface area contributed by atoms with E-state index in [9.17, 15) is 9.18 Å². The second-order valence-corrected chi connectivity index (χ2v) is 4.78. The minimum atomic E-state index is -0.868. The molecular weight excluding hydrogens is 235 g/mol. The first-order valence-corrected chi connectivity index (χ1v) is 5.95. The van der Waals surface area contributed by atoms with Gasteiger partial charge in [-0.15, -0.1) is 0 Å². The first kappa shape index (κ1) is 14.5. The summed E-state index contributed by atoms with van der Waals surface area (Å²) < 4.78 is 18.9. The molecule has 1 aromatic carbocycles. The number of methoxy groups -OCH3 is 1. The van der Waals surface area contributed by atoms with Gasteiger partial charge in [0.2, 0.25) is 0 Å². The van der Waals surface area contributed by atoms with Gasteiger partial charge in [-0.25, -0.2) is 4.39 Å². The van der Waals surface area contributed by atoms with E-state index in [2.05, 4.69) is 0 Å². The van der Waals surface area contributed by atoms with Gasteiger partial charge >= 0.3 is 5.97 Å². The Morgan fingerprint density at radius 1 is 1.39 bits per heavy atom. The Morgan fingerprint density at radius 3 is 2.44 bits per heavy atom. The summed E-state index contributed by atoms with van der Waals surface area (Å²) in [5.41, 5.74) is 1.32. The number of carbonyl (C=O) groups is 1. The van der Waals surface area contributed by atoms with Crippen molar-refractivity contribution in [3.05, 3.63) is 29.1 Å². The Hall–Kier alpha value is -1.58. The van der Waals surface area contributed by atoms with E-state index >= 15 is 0 Å². The van der Waals surface area contributed by atoms with Gasteiger partial charge in [-0.05, 0) is 29.5 Å². The van der Waals surface area contributed by atoms with Gasteiger partial charge in [0.15, 0.2) is 0 Å². The van der Waals surface area contributed by atoms with E-state index in [1.54, 1.807) is 13.0 Å². The quantitative estimate of drug-likeness (QED) is 0.877. The zero-order valence-electron chi connectivity index (χ0n) is 11.2. The summed E-state index contributed by atoms with van der Waals surface area (Å²) in [4.78, 5) is 10.9. The van der Waals surface area contributed by atoms with Crippen molar-refractivity contribution < 1.29 is 19.0 Å². The smallest absolute Gasteiger partial charge is 0.306 e.